The number of aryl methyl sites for hydroxylation is 1. The average molecular weight is 260 g/mol. The number of likely N-dealkylation sites (N-methyl/N-ethyl adjacent to an activating group) is 1. The molecule has 0 aromatic heterocycles. The van der Waals surface area contributed by atoms with Gasteiger partial charge in [0, 0.05) is 19.6 Å². The second-order valence-corrected chi connectivity index (χ2v) is 5.42. The lowest BCUT2D eigenvalue weighted by molar-refractivity contribution is -0.128. The lowest BCUT2D eigenvalue weighted by Gasteiger charge is -2.19. The zero-order chi connectivity index (χ0) is 13.4. The maximum atomic E-state index is 12.0. The van der Waals surface area contributed by atoms with Crippen molar-refractivity contribution in [2.24, 2.45) is 0 Å². The highest BCUT2D eigenvalue weighted by Crippen LogP contribution is 2.34. The van der Waals surface area contributed by atoms with Crippen LogP contribution in [0.3, 0.4) is 0 Å². The molecule has 0 spiro atoms. The van der Waals surface area contributed by atoms with Crippen LogP contribution in [-0.2, 0) is 11.2 Å². The summed E-state index contributed by atoms with van der Waals surface area (Å²) in [4.78, 5) is 13.8. The van der Waals surface area contributed by atoms with E-state index in [2.05, 4.69) is 17.4 Å². The van der Waals surface area contributed by atoms with Crippen LogP contribution in [0.25, 0.3) is 0 Å². The van der Waals surface area contributed by atoms with Crippen LogP contribution in [0.15, 0.2) is 18.2 Å². The van der Waals surface area contributed by atoms with Crippen LogP contribution in [0.1, 0.15) is 30.0 Å². The molecule has 0 radical (unpaired) electrons. The van der Waals surface area contributed by atoms with Crippen molar-refractivity contribution in [1.29, 1.82) is 0 Å². The van der Waals surface area contributed by atoms with Crippen molar-refractivity contribution in [2.45, 2.75) is 31.3 Å². The van der Waals surface area contributed by atoms with Crippen LogP contribution in [-0.4, -0.2) is 37.6 Å². The molecule has 4 nitrogen and oxygen atoms in total. The van der Waals surface area contributed by atoms with Crippen molar-refractivity contribution in [3.63, 3.8) is 0 Å². The van der Waals surface area contributed by atoms with Gasteiger partial charge >= 0.3 is 0 Å². The Labute approximate surface area is 113 Å². The van der Waals surface area contributed by atoms with Gasteiger partial charge in [0.2, 0.25) is 5.91 Å². The summed E-state index contributed by atoms with van der Waals surface area (Å²) in [6.45, 7) is 0.855. The standard InChI is InChI=1S/C15H20N2O2/c1-17-8-7-14(15(17)18)16-13-6-4-10-3-5-11(19-2)9-12(10)13/h3,5,9,13-14,16H,4,6-8H2,1-2H3. The van der Waals surface area contributed by atoms with Crippen molar-refractivity contribution in [3.8, 4) is 5.75 Å². The Kier molecular flexibility index (Phi) is 3.19. The first kappa shape index (κ1) is 12.5. The predicted molar refractivity (Wildman–Crippen MR) is 73.2 cm³/mol. The Balaban J connectivity index is 1.77. The molecule has 1 fully saturated rings. The van der Waals surface area contributed by atoms with E-state index in [1.54, 1.807) is 12.0 Å². The molecule has 0 bridgehead atoms. The molecule has 1 aromatic carbocycles. The van der Waals surface area contributed by atoms with Crippen molar-refractivity contribution < 1.29 is 9.53 Å². The largest absolute Gasteiger partial charge is 0.497 e. The first-order chi connectivity index (χ1) is 9.19. The number of hydrogen-bond donors (Lipinski definition) is 1. The molecule has 102 valence electrons. The van der Waals surface area contributed by atoms with Gasteiger partial charge in [-0.25, -0.2) is 0 Å². The number of rotatable bonds is 3. The zero-order valence-corrected chi connectivity index (χ0v) is 11.5. The minimum atomic E-state index is -0.0212. The van der Waals surface area contributed by atoms with Gasteiger partial charge in [0.15, 0.2) is 0 Å². The number of carbonyl (C=O) groups excluding carboxylic acids is 1. The summed E-state index contributed by atoms with van der Waals surface area (Å²) in [6.07, 6.45) is 3.05. The summed E-state index contributed by atoms with van der Waals surface area (Å²) in [5.41, 5.74) is 2.67. The number of nitrogens with one attached hydrogen (secondary N) is 1. The molecule has 1 aromatic rings. The van der Waals surface area contributed by atoms with E-state index < -0.39 is 0 Å². The maximum Gasteiger partial charge on any atom is 0.239 e. The van der Waals surface area contributed by atoms with Crippen LogP contribution in [0.4, 0.5) is 0 Å². The molecule has 1 saturated heterocycles. The van der Waals surface area contributed by atoms with Gasteiger partial charge in [-0.3, -0.25) is 10.1 Å². The summed E-state index contributed by atoms with van der Waals surface area (Å²) >= 11 is 0. The Hall–Kier alpha value is -1.55. The lowest BCUT2D eigenvalue weighted by Crippen LogP contribution is -2.38. The summed E-state index contributed by atoms with van der Waals surface area (Å²) in [5.74, 6) is 1.11. The van der Waals surface area contributed by atoms with Gasteiger partial charge in [-0.2, -0.15) is 0 Å². The van der Waals surface area contributed by atoms with Gasteiger partial charge < -0.3 is 9.64 Å². The summed E-state index contributed by atoms with van der Waals surface area (Å²) in [5, 5.41) is 3.52. The molecular weight excluding hydrogens is 240 g/mol. The number of ether oxygens (including phenoxy) is 1. The number of benzene rings is 1. The van der Waals surface area contributed by atoms with Crippen LogP contribution < -0.4 is 10.1 Å². The fourth-order valence-corrected chi connectivity index (χ4v) is 3.10. The van der Waals surface area contributed by atoms with Gasteiger partial charge in [0.05, 0.1) is 13.2 Å². The molecule has 2 unspecified atom stereocenters. The van der Waals surface area contributed by atoms with E-state index in [4.69, 9.17) is 4.74 Å². The number of nitrogens with zero attached hydrogens (tertiary/aromatic N) is 1. The predicted octanol–water partition coefficient (Wildman–Crippen LogP) is 1.50. The van der Waals surface area contributed by atoms with Crippen molar-refractivity contribution in [1.82, 2.24) is 10.2 Å². The lowest BCUT2D eigenvalue weighted by atomic mass is 10.1. The first-order valence-electron chi connectivity index (χ1n) is 6.87. The number of carbonyl (C=O) groups is 1. The number of hydrogen-bond acceptors (Lipinski definition) is 3. The van der Waals surface area contributed by atoms with E-state index in [1.807, 2.05) is 13.1 Å². The van der Waals surface area contributed by atoms with E-state index in [1.165, 1.54) is 11.1 Å². The molecule has 2 atom stereocenters. The van der Waals surface area contributed by atoms with Crippen LogP contribution >= 0.6 is 0 Å². The van der Waals surface area contributed by atoms with E-state index in [-0.39, 0.29) is 18.0 Å². The van der Waals surface area contributed by atoms with Crippen molar-refractivity contribution in [3.05, 3.63) is 29.3 Å². The molecule has 19 heavy (non-hydrogen) atoms. The van der Waals surface area contributed by atoms with Crippen molar-refractivity contribution in [2.75, 3.05) is 20.7 Å². The molecule has 1 N–H and O–H groups in total. The molecular formula is C15H20N2O2. The van der Waals surface area contributed by atoms with E-state index in [0.29, 0.717) is 0 Å². The fourth-order valence-electron chi connectivity index (χ4n) is 3.10. The number of amides is 1. The van der Waals surface area contributed by atoms with Gasteiger partial charge in [0.1, 0.15) is 5.75 Å². The van der Waals surface area contributed by atoms with Crippen LogP contribution in [0.2, 0.25) is 0 Å². The molecule has 1 aliphatic heterocycles. The molecule has 1 amide bonds. The third-order valence-corrected chi connectivity index (χ3v) is 4.26. The molecule has 1 aliphatic carbocycles. The average Bonchev–Trinajstić information content (AvgIpc) is 2.97. The highest BCUT2D eigenvalue weighted by Gasteiger charge is 2.33. The second kappa shape index (κ2) is 4.85. The summed E-state index contributed by atoms with van der Waals surface area (Å²) in [6, 6.07) is 6.51. The normalized spacial score (nSPS) is 25.8. The molecule has 1 heterocycles. The Bertz CT molecular complexity index is 501. The number of fused-ring (bicyclic) bond motifs is 1. The molecule has 3 rings (SSSR count). The second-order valence-electron chi connectivity index (χ2n) is 5.42. The fraction of sp³-hybridized carbons (Fsp3) is 0.533. The zero-order valence-electron chi connectivity index (χ0n) is 11.5. The van der Waals surface area contributed by atoms with Crippen LogP contribution in [0.5, 0.6) is 5.75 Å². The van der Waals surface area contributed by atoms with Crippen LogP contribution in [0, 0.1) is 0 Å². The van der Waals surface area contributed by atoms with E-state index >= 15 is 0 Å². The first-order valence-corrected chi connectivity index (χ1v) is 6.87. The molecule has 0 saturated carbocycles. The van der Waals surface area contributed by atoms with Gasteiger partial charge in [-0.05, 0) is 42.5 Å². The smallest absolute Gasteiger partial charge is 0.239 e. The van der Waals surface area contributed by atoms with Gasteiger partial charge in [-0.1, -0.05) is 6.07 Å². The number of methoxy groups -OCH3 is 1. The Morgan fingerprint density at radius 2 is 2.16 bits per heavy atom. The minimum Gasteiger partial charge on any atom is -0.497 e. The molecule has 2 aliphatic rings. The monoisotopic (exact) mass is 260 g/mol. The van der Waals surface area contributed by atoms with Gasteiger partial charge in [0.25, 0.3) is 0 Å². The minimum absolute atomic E-state index is 0.0212. The SMILES string of the molecule is COc1ccc2c(c1)C(NC1CCN(C)C1=O)CC2. The van der Waals surface area contributed by atoms with Gasteiger partial charge in [-0.15, -0.1) is 0 Å². The third kappa shape index (κ3) is 2.21. The molecule has 4 heteroatoms. The summed E-state index contributed by atoms with van der Waals surface area (Å²) < 4.78 is 5.29. The third-order valence-electron chi connectivity index (χ3n) is 4.26. The van der Waals surface area contributed by atoms with E-state index in [0.717, 1.165) is 31.6 Å². The maximum absolute atomic E-state index is 12.0. The highest BCUT2D eigenvalue weighted by molar-refractivity contribution is 5.83. The van der Waals surface area contributed by atoms with E-state index in [9.17, 15) is 4.79 Å². The highest BCUT2D eigenvalue weighted by atomic mass is 16.5. The Morgan fingerprint density at radius 3 is 2.84 bits per heavy atom. The number of likely N-dealkylation sites (tertiary alicyclic amines) is 1. The van der Waals surface area contributed by atoms with Crippen molar-refractivity contribution >= 4 is 5.91 Å². The quantitative estimate of drug-likeness (QED) is 0.895. The Morgan fingerprint density at radius 1 is 1.32 bits per heavy atom. The summed E-state index contributed by atoms with van der Waals surface area (Å²) in [7, 11) is 3.56. The topological polar surface area (TPSA) is 41.6 Å².